The van der Waals surface area contributed by atoms with Crippen LogP contribution in [-0.2, 0) is 6.42 Å². The molecule has 1 amide bonds. The van der Waals surface area contributed by atoms with E-state index in [4.69, 9.17) is 10.8 Å². The van der Waals surface area contributed by atoms with Crippen molar-refractivity contribution in [2.45, 2.75) is 38.8 Å². The van der Waals surface area contributed by atoms with Crippen LogP contribution in [0.5, 0.6) is 0 Å². The Hall–Kier alpha value is -1.07. The van der Waals surface area contributed by atoms with Crippen molar-refractivity contribution >= 4 is 17.4 Å². The normalized spacial score (nSPS) is 13.4. The number of hydrogen-bond donors (Lipinski definition) is 2. The van der Waals surface area contributed by atoms with Crippen LogP contribution in [-0.4, -0.2) is 34.2 Å². The fourth-order valence-corrected chi connectivity index (χ4v) is 2.42. The number of carbonyl (C=O) groups is 1. The van der Waals surface area contributed by atoms with Crippen molar-refractivity contribution < 1.29 is 9.90 Å². The third-order valence-electron chi connectivity index (χ3n) is 2.50. The van der Waals surface area contributed by atoms with Gasteiger partial charge in [-0.25, -0.2) is 4.79 Å². The van der Waals surface area contributed by atoms with Crippen LogP contribution in [0.15, 0.2) is 17.5 Å². The molecule has 3 N–H and O–H groups in total. The third-order valence-corrected chi connectivity index (χ3v) is 3.40. The number of amides is 1. The van der Waals surface area contributed by atoms with Crippen LogP contribution in [0.25, 0.3) is 0 Å². The summed E-state index contributed by atoms with van der Waals surface area (Å²) in [6.45, 7) is 5.98. The summed E-state index contributed by atoms with van der Waals surface area (Å²) >= 11 is 1.65. The van der Waals surface area contributed by atoms with Crippen LogP contribution in [0.1, 0.15) is 25.6 Å². The van der Waals surface area contributed by atoms with E-state index >= 15 is 0 Å². The van der Waals surface area contributed by atoms with Crippen molar-refractivity contribution in [3.8, 4) is 0 Å². The van der Waals surface area contributed by atoms with E-state index in [9.17, 15) is 4.79 Å². The zero-order valence-electron chi connectivity index (χ0n) is 10.5. The van der Waals surface area contributed by atoms with Crippen molar-refractivity contribution in [1.82, 2.24) is 4.90 Å². The van der Waals surface area contributed by atoms with Crippen LogP contribution >= 0.6 is 11.3 Å². The first kappa shape index (κ1) is 14.0. The highest BCUT2D eigenvalue weighted by Gasteiger charge is 2.27. The molecule has 0 saturated heterocycles. The second-order valence-electron chi connectivity index (χ2n) is 5.11. The maximum Gasteiger partial charge on any atom is 0.407 e. The molecule has 96 valence electrons. The lowest BCUT2D eigenvalue weighted by molar-refractivity contribution is 0.0960. The Balaban J connectivity index is 2.59. The maximum absolute atomic E-state index is 11.2. The fourth-order valence-electron chi connectivity index (χ4n) is 1.63. The monoisotopic (exact) mass is 256 g/mol. The summed E-state index contributed by atoms with van der Waals surface area (Å²) in [6.07, 6.45) is -0.198. The van der Waals surface area contributed by atoms with E-state index in [2.05, 4.69) is 0 Å². The van der Waals surface area contributed by atoms with Crippen LogP contribution in [0.3, 0.4) is 0 Å². The van der Waals surface area contributed by atoms with Crippen molar-refractivity contribution in [3.05, 3.63) is 22.4 Å². The third kappa shape index (κ3) is 4.36. The molecule has 0 aliphatic heterocycles. The van der Waals surface area contributed by atoms with Crippen molar-refractivity contribution in [1.29, 1.82) is 0 Å². The Morgan fingerprint density at radius 3 is 2.65 bits per heavy atom. The lowest BCUT2D eigenvalue weighted by Gasteiger charge is -2.34. The number of rotatable bonds is 4. The number of hydrogen-bond acceptors (Lipinski definition) is 3. The highest BCUT2D eigenvalue weighted by atomic mass is 32.1. The molecule has 0 unspecified atom stereocenters. The number of nitrogens with zero attached hydrogens (tertiary/aromatic N) is 1. The lowest BCUT2D eigenvalue weighted by Crippen LogP contribution is -2.50. The molecule has 5 heteroatoms. The molecule has 0 aromatic carbocycles. The maximum atomic E-state index is 11.2. The van der Waals surface area contributed by atoms with Crippen molar-refractivity contribution in [2.75, 3.05) is 6.54 Å². The summed E-state index contributed by atoms with van der Waals surface area (Å²) < 4.78 is 0. The van der Waals surface area contributed by atoms with Gasteiger partial charge in [0.1, 0.15) is 0 Å². The summed E-state index contributed by atoms with van der Waals surface area (Å²) in [4.78, 5) is 13.7. The van der Waals surface area contributed by atoms with Crippen molar-refractivity contribution in [3.63, 3.8) is 0 Å². The summed E-state index contributed by atoms with van der Waals surface area (Å²) in [5.41, 5.74) is 5.58. The minimum absolute atomic E-state index is 0.163. The van der Waals surface area contributed by atoms with Gasteiger partial charge in [0.2, 0.25) is 0 Å². The smallest absolute Gasteiger partial charge is 0.407 e. The largest absolute Gasteiger partial charge is 0.465 e. The molecule has 17 heavy (non-hydrogen) atoms. The fraction of sp³-hybridized carbons (Fsp3) is 0.583. The standard InChI is InChI=1S/C12H20N2O2S/c1-12(2,3)14(11(15)16)8-9(13)7-10-5-4-6-17-10/h4-6,9H,7-8,13H2,1-3H3,(H,15,16)/t9-/m1/s1. The molecule has 1 aromatic heterocycles. The Morgan fingerprint density at radius 1 is 1.59 bits per heavy atom. The first-order valence-electron chi connectivity index (χ1n) is 5.59. The van der Waals surface area contributed by atoms with E-state index < -0.39 is 11.6 Å². The van der Waals surface area contributed by atoms with Gasteiger partial charge in [-0.2, -0.15) is 0 Å². The number of carboxylic acid groups (broad SMARTS) is 1. The molecule has 0 radical (unpaired) electrons. The van der Waals surface area contributed by atoms with Gasteiger partial charge in [0, 0.05) is 23.0 Å². The molecule has 1 heterocycles. The quantitative estimate of drug-likeness (QED) is 0.869. The van der Waals surface area contributed by atoms with Gasteiger partial charge < -0.3 is 15.7 Å². The van der Waals surface area contributed by atoms with Gasteiger partial charge >= 0.3 is 6.09 Å². The van der Waals surface area contributed by atoms with Crippen molar-refractivity contribution in [2.24, 2.45) is 5.73 Å². The molecular weight excluding hydrogens is 236 g/mol. The summed E-state index contributed by atoms with van der Waals surface area (Å²) in [5.74, 6) is 0. The molecule has 0 aliphatic carbocycles. The predicted octanol–water partition coefficient (Wildman–Crippen LogP) is 2.40. The summed E-state index contributed by atoms with van der Waals surface area (Å²) in [5, 5.41) is 11.2. The molecule has 0 fully saturated rings. The minimum Gasteiger partial charge on any atom is -0.465 e. The van der Waals surface area contributed by atoms with Gasteiger partial charge in [0.25, 0.3) is 0 Å². The van der Waals surface area contributed by atoms with Gasteiger partial charge in [0.05, 0.1) is 0 Å². The van der Waals surface area contributed by atoms with Crippen LogP contribution < -0.4 is 5.73 Å². The Morgan fingerprint density at radius 2 is 2.24 bits per heavy atom. The predicted molar refractivity (Wildman–Crippen MR) is 70.5 cm³/mol. The van der Waals surface area contributed by atoms with E-state index in [1.165, 1.54) is 9.78 Å². The average molecular weight is 256 g/mol. The van der Waals surface area contributed by atoms with E-state index in [-0.39, 0.29) is 6.04 Å². The van der Waals surface area contributed by atoms with E-state index in [1.54, 1.807) is 11.3 Å². The highest BCUT2D eigenvalue weighted by Crippen LogP contribution is 2.16. The molecule has 1 rings (SSSR count). The van der Waals surface area contributed by atoms with Gasteiger partial charge in [-0.3, -0.25) is 0 Å². The number of nitrogens with two attached hydrogens (primary N) is 1. The van der Waals surface area contributed by atoms with Gasteiger partial charge in [-0.15, -0.1) is 11.3 Å². The molecule has 0 spiro atoms. The first-order valence-corrected chi connectivity index (χ1v) is 6.47. The second-order valence-corrected chi connectivity index (χ2v) is 6.14. The zero-order valence-corrected chi connectivity index (χ0v) is 11.3. The molecule has 0 saturated carbocycles. The molecule has 0 aliphatic rings. The van der Waals surface area contributed by atoms with Crippen LogP contribution in [0.2, 0.25) is 0 Å². The highest BCUT2D eigenvalue weighted by molar-refractivity contribution is 7.09. The van der Waals surface area contributed by atoms with Gasteiger partial charge in [-0.1, -0.05) is 6.07 Å². The van der Waals surface area contributed by atoms with Crippen LogP contribution in [0, 0.1) is 0 Å². The molecule has 1 aromatic rings. The van der Waals surface area contributed by atoms with Crippen LogP contribution in [0.4, 0.5) is 4.79 Å². The Bertz CT molecular complexity index is 357. The Kier molecular flexibility index (Phi) is 4.54. The summed E-state index contributed by atoms with van der Waals surface area (Å²) in [6, 6.07) is 3.84. The number of thiophene rings is 1. The van der Waals surface area contributed by atoms with Gasteiger partial charge in [0.15, 0.2) is 0 Å². The van der Waals surface area contributed by atoms with E-state index in [0.717, 1.165) is 6.42 Å². The minimum atomic E-state index is -0.917. The lowest BCUT2D eigenvalue weighted by atomic mass is 10.0. The molecular formula is C12H20N2O2S. The van der Waals surface area contributed by atoms with Gasteiger partial charge in [-0.05, 0) is 38.6 Å². The zero-order chi connectivity index (χ0) is 13.1. The molecule has 0 bridgehead atoms. The first-order chi connectivity index (χ1) is 7.80. The SMILES string of the molecule is CC(C)(C)N(C[C@H](N)Cc1cccs1)C(=O)O. The molecule has 4 nitrogen and oxygen atoms in total. The average Bonchev–Trinajstić information content (AvgIpc) is 2.64. The Labute approximate surface area is 106 Å². The van der Waals surface area contributed by atoms with E-state index in [0.29, 0.717) is 6.54 Å². The second kappa shape index (κ2) is 5.51. The summed E-state index contributed by atoms with van der Waals surface area (Å²) in [7, 11) is 0. The molecule has 1 atom stereocenters. The topological polar surface area (TPSA) is 66.6 Å². The van der Waals surface area contributed by atoms with E-state index in [1.807, 2.05) is 38.3 Å².